The first-order chi connectivity index (χ1) is 22.0. The molecule has 0 unspecified atom stereocenters. The van der Waals surface area contributed by atoms with Crippen molar-refractivity contribution in [3.63, 3.8) is 0 Å². The maximum atomic E-state index is 14.8. The number of carbonyl (C=O) groups is 3. The molecule has 9 atom stereocenters. The molecule has 5 aliphatic carbocycles. The molecule has 4 fully saturated rings. The summed E-state index contributed by atoms with van der Waals surface area (Å²) in [5, 5.41) is 5.53. The van der Waals surface area contributed by atoms with Gasteiger partial charge < -0.3 is 10.1 Å². The number of ether oxygens (including phenoxy) is 1. The van der Waals surface area contributed by atoms with Gasteiger partial charge in [-0.3, -0.25) is 14.4 Å². The third-order valence-electron chi connectivity index (χ3n) is 15.4. The molecule has 5 heteroatoms. The zero-order valence-corrected chi connectivity index (χ0v) is 29.9. The van der Waals surface area contributed by atoms with Crippen LogP contribution in [-0.4, -0.2) is 23.8 Å². The second-order valence-corrected chi connectivity index (χ2v) is 18.2. The van der Waals surface area contributed by atoms with Crippen LogP contribution in [0.4, 0.5) is 5.69 Å². The van der Waals surface area contributed by atoms with Crippen LogP contribution in [0.1, 0.15) is 113 Å². The van der Waals surface area contributed by atoms with Crippen molar-refractivity contribution in [2.45, 2.75) is 119 Å². The van der Waals surface area contributed by atoms with E-state index in [9.17, 15) is 14.4 Å². The number of fused-ring (bicyclic) bond motifs is 8. The quantitative estimate of drug-likeness (QED) is 0.340. The van der Waals surface area contributed by atoms with Crippen molar-refractivity contribution in [1.82, 2.24) is 0 Å². The number of nitrogens with one attached hydrogen (secondary N) is 1. The van der Waals surface area contributed by atoms with Crippen molar-refractivity contribution >= 4 is 34.1 Å². The highest BCUT2D eigenvalue weighted by Gasteiger charge is 2.70. The molecule has 0 spiro atoms. The lowest BCUT2D eigenvalue weighted by atomic mass is 9.33. The highest BCUT2D eigenvalue weighted by molar-refractivity contribution is 6.04. The van der Waals surface area contributed by atoms with Gasteiger partial charge in [0.2, 0.25) is 5.91 Å². The average molecular weight is 638 g/mol. The number of esters is 1. The highest BCUT2D eigenvalue weighted by atomic mass is 16.5. The molecule has 5 nitrogen and oxygen atoms in total. The summed E-state index contributed by atoms with van der Waals surface area (Å²) in [6.07, 6.45) is 10.6. The van der Waals surface area contributed by atoms with Crippen LogP contribution < -0.4 is 5.32 Å². The second-order valence-electron chi connectivity index (χ2n) is 18.2. The Morgan fingerprint density at radius 1 is 0.830 bits per heavy atom. The van der Waals surface area contributed by atoms with Gasteiger partial charge in [-0.2, -0.15) is 0 Å². The van der Waals surface area contributed by atoms with Crippen molar-refractivity contribution in [3.05, 3.63) is 54.1 Å². The summed E-state index contributed by atoms with van der Waals surface area (Å²) in [6.45, 7) is 17.9. The summed E-state index contributed by atoms with van der Waals surface area (Å²) in [5.74, 6) is 0.617. The molecular formula is C42H55NO4. The molecule has 5 aliphatic rings. The molecule has 2 aromatic rings. The van der Waals surface area contributed by atoms with E-state index in [4.69, 9.17) is 4.74 Å². The molecule has 1 N–H and O–H groups in total. The lowest BCUT2D eigenvalue weighted by Gasteiger charge is -2.70. The summed E-state index contributed by atoms with van der Waals surface area (Å²) < 4.78 is 5.89. The van der Waals surface area contributed by atoms with Gasteiger partial charge in [0.25, 0.3) is 0 Å². The van der Waals surface area contributed by atoms with Gasteiger partial charge in [-0.15, -0.1) is 0 Å². The van der Waals surface area contributed by atoms with Crippen molar-refractivity contribution in [2.75, 3.05) is 5.32 Å². The number of hydrogen-bond donors (Lipinski definition) is 1. The van der Waals surface area contributed by atoms with E-state index in [1.807, 2.05) is 24.3 Å². The number of hydrogen-bond acceptors (Lipinski definition) is 4. The van der Waals surface area contributed by atoms with Gasteiger partial charge >= 0.3 is 5.97 Å². The molecule has 47 heavy (non-hydrogen) atoms. The monoisotopic (exact) mass is 637 g/mol. The van der Waals surface area contributed by atoms with Crippen molar-refractivity contribution in [1.29, 1.82) is 0 Å². The zero-order chi connectivity index (χ0) is 33.8. The number of carbonyl (C=O) groups excluding carboxylic acids is 3. The first kappa shape index (κ1) is 32.6. The van der Waals surface area contributed by atoms with E-state index in [1.54, 1.807) is 0 Å². The van der Waals surface area contributed by atoms with Crippen LogP contribution in [0.15, 0.2) is 54.1 Å². The Morgan fingerprint density at radius 2 is 1.53 bits per heavy atom. The molecule has 4 saturated carbocycles. The minimum atomic E-state index is -0.524. The molecule has 0 aromatic heterocycles. The van der Waals surface area contributed by atoms with E-state index < -0.39 is 5.41 Å². The fourth-order valence-electron chi connectivity index (χ4n) is 12.4. The molecule has 0 bridgehead atoms. The minimum Gasteiger partial charge on any atom is -0.462 e. The maximum Gasteiger partial charge on any atom is 0.302 e. The lowest BCUT2D eigenvalue weighted by Crippen LogP contribution is -2.66. The summed E-state index contributed by atoms with van der Waals surface area (Å²) >= 11 is 0. The van der Waals surface area contributed by atoms with Gasteiger partial charge in [0.1, 0.15) is 6.10 Å². The Morgan fingerprint density at radius 3 is 2.28 bits per heavy atom. The molecule has 2 aromatic carbocycles. The van der Waals surface area contributed by atoms with Crippen LogP contribution in [0.3, 0.4) is 0 Å². The van der Waals surface area contributed by atoms with Gasteiger partial charge in [-0.1, -0.05) is 90.4 Å². The fourth-order valence-corrected chi connectivity index (χ4v) is 12.4. The third-order valence-corrected chi connectivity index (χ3v) is 15.4. The molecule has 1 amide bonds. The van der Waals surface area contributed by atoms with Crippen LogP contribution >= 0.6 is 0 Å². The standard InChI is InChI=1S/C42H55NO4/c1-26(44)47-34-17-18-40(6)33(37(34,2)3)16-19-42(8)35(40)32(45)24-29-30-25-39(5,21-20-38(30,4)22-23-41(29,42)7)36(46)43-31-15-11-13-27-12-9-10-14-28(27)31/h9-15,24,30,33-35H,16-23,25H2,1-8H3,(H,43,46)/t30-,33-,34+,35-,38-,39+,40-,41+,42-/m1/s1. The largest absolute Gasteiger partial charge is 0.462 e. The molecule has 0 aliphatic heterocycles. The molecule has 0 saturated heterocycles. The molecule has 252 valence electrons. The van der Waals surface area contributed by atoms with E-state index in [0.717, 1.165) is 74.2 Å². The average Bonchev–Trinajstić information content (AvgIpc) is 3.00. The minimum absolute atomic E-state index is 0.0611. The van der Waals surface area contributed by atoms with Crippen LogP contribution in [0, 0.1) is 50.2 Å². The number of amides is 1. The van der Waals surface area contributed by atoms with Crippen LogP contribution in [0.5, 0.6) is 0 Å². The number of benzene rings is 2. The number of rotatable bonds is 3. The Bertz CT molecular complexity index is 1680. The van der Waals surface area contributed by atoms with E-state index in [1.165, 1.54) is 12.5 Å². The molecule has 0 radical (unpaired) electrons. The van der Waals surface area contributed by atoms with Crippen LogP contribution in [0.2, 0.25) is 0 Å². The SMILES string of the molecule is CC(=O)O[C@H]1CC[C@]2(C)[C@H](CC[C@]3(C)[C@@H]2C(=O)C=C2[C@H]4C[C@@](C)(C(=O)Nc5cccc6ccccc56)CC[C@]4(C)CC[C@@]23C)C1(C)C. The number of ketones is 1. The molecular weight excluding hydrogens is 582 g/mol. The van der Waals surface area contributed by atoms with Gasteiger partial charge in [-0.05, 0) is 109 Å². The Balaban J connectivity index is 1.22. The molecule has 7 rings (SSSR count). The van der Waals surface area contributed by atoms with Crippen molar-refractivity contribution < 1.29 is 19.1 Å². The predicted octanol–water partition coefficient (Wildman–Crippen LogP) is 9.69. The molecule has 0 heterocycles. The van der Waals surface area contributed by atoms with Gasteiger partial charge in [0, 0.05) is 34.7 Å². The first-order valence-corrected chi connectivity index (χ1v) is 18.2. The van der Waals surface area contributed by atoms with E-state index in [-0.39, 0.29) is 56.9 Å². The maximum absolute atomic E-state index is 14.8. The van der Waals surface area contributed by atoms with Crippen LogP contribution in [-0.2, 0) is 19.1 Å². The number of anilines is 1. The zero-order valence-electron chi connectivity index (χ0n) is 29.9. The summed E-state index contributed by atoms with van der Waals surface area (Å²) in [7, 11) is 0. The summed E-state index contributed by atoms with van der Waals surface area (Å²) in [4.78, 5) is 41.0. The Labute approximate surface area is 281 Å². The van der Waals surface area contributed by atoms with E-state index in [0.29, 0.717) is 11.7 Å². The topological polar surface area (TPSA) is 72.5 Å². The second kappa shape index (κ2) is 10.5. The van der Waals surface area contributed by atoms with E-state index >= 15 is 0 Å². The summed E-state index contributed by atoms with van der Waals surface area (Å²) in [5.41, 5.74) is 1.13. The lowest BCUT2D eigenvalue weighted by molar-refractivity contribution is -0.210. The Kier molecular flexibility index (Phi) is 7.30. The highest BCUT2D eigenvalue weighted by Crippen LogP contribution is 2.75. The number of allylic oxidation sites excluding steroid dienone is 2. The first-order valence-electron chi connectivity index (χ1n) is 18.2. The van der Waals surface area contributed by atoms with Gasteiger partial charge in [-0.25, -0.2) is 0 Å². The van der Waals surface area contributed by atoms with Crippen LogP contribution in [0.25, 0.3) is 10.8 Å². The fraction of sp³-hybridized carbons (Fsp3) is 0.643. The van der Waals surface area contributed by atoms with Gasteiger partial charge in [0.15, 0.2) is 5.78 Å². The van der Waals surface area contributed by atoms with Crippen molar-refractivity contribution in [2.24, 2.45) is 50.2 Å². The Hall–Kier alpha value is -2.95. The predicted molar refractivity (Wildman–Crippen MR) is 188 cm³/mol. The van der Waals surface area contributed by atoms with Crippen molar-refractivity contribution in [3.8, 4) is 0 Å². The van der Waals surface area contributed by atoms with E-state index in [2.05, 4.69) is 78.1 Å². The third kappa shape index (κ3) is 4.57. The van der Waals surface area contributed by atoms with Gasteiger partial charge in [0.05, 0.1) is 0 Å². The summed E-state index contributed by atoms with van der Waals surface area (Å²) in [6, 6.07) is 14.3. The normalized spacial score (nSPS) is 42.2. The smallest absolute Gasteiger partial charge is 0.302 e.